The Hall–Kier alpha value is -1.03. The minimum Gasteiger partial charge on any atom is -0.298 e. The summed E-state index contributed by atoms with van der Waals surface area (Å²) in [4.78, 5) is 10.3. The fourth-order valence-corrected chi connectivity index (χ4v) is 0.772. The van der Waals surface area contributed by atoms with Gasteiger partial charge in [-0.25, -0.2) is 0 Å². The molecule has 0 saturated carbocycles. The average molecular weight is 225 g/mol. The van der Waals surface area contributed by atoms with E-state index in [9.17, 15) is 18.0 Å². The van der Waals surface area contributed by atoms with Crippen LogP contribution in [0.3, 0.4) is 0 Å². The fraction of sp³-hybridized carbons (Fsp3) is 0.222. The largest absolute Gasteiger partial charge is 0.416 e. The Morgan fingerprint density at radius 2 is 1.93 bits per heavy atom. The zero-order chi connectivity index (χ0) is 11.4. The molecule has 0 amide bonds. The molecule has 0 fully saturated rings. The first-order valence-corrected chi connectivity index (χ1v) is 3.96. The first kappa shape index (κ1) is 13.0. The molecule has 0 heterocycles. The van der Waals surface area contributed by atoms with E-state index in [1.165, 1.54) is 6.92 Å². The molecule has 0 aliphatic carbocycles. The maximum absolute atomic E-state index is 12.2. The highest BCUT2D eigenvalue weighted by Crippen LogP contribution is 2.28. The lowest BCUT2D eigenvalue weighted by Crippen LogP contribution is -2.10. The standard InChI is InChI=1S/C9H8ClF3O/c1-3-8(9(11,12)13)4-7(5-14)6(2)10/h3-5H,2H2,1H3/b7-4-,8-3+. The molecule has 0 bridgehead atoms. The van der Waals surface area contributed by atoms with E-state index in [0.29, 0.717) is 6.08 Å². The second-order valence-electron chi connectivity index (χ2n) is 2.36. The lowest BCUT2D eigenvalue weighted by atomic mass is 10.1. The third-order valence-electron chi connectivity index (χ3n) is 1.39. The number of hydrogen-bond donors (Lipinski definition) is 0. The molecule has 0 radical (unpaired) electrons. The molecule has 0 aromatic heterocycles. The maximum Gasteiger partial charge on any atom is 0.416 e. The summed E-state index contributed by atoms with van der Waals surface area (Å²) in [6, 6.07) is 0. The van der Waals surface area contributed by atoms with Crippen molar-refractivity contribution in [3.63, 3.8) is 0 Å². The highest BCUT2D eigenvalue weighted by Gasteiger charge is 2.31. The van der Waals surface area contributed by atoms with Crippen molar-refractivity contribution in [3.05, 3.63) is 34.9 Å². The van der Waals surface area contributed by atoms with E-state index in [1.807, 2.05) is 0 Å². The van der Waals surface area contributed by atoms with Crippen LogP contribution in [0.25, 0.3) is 0 Å². The molecule has 0 aliphatic rings. The van der Waals surface area contributed by atoms with E-state index in [1.54, 1.807) is 0 Å². The summed E-state index contributed by atoms with van der Waals surface area (Å²) in [5.74, 6) is 0. The van der Waals surface area contributed by atoms with Crippen LogP contribution in [0.4, 0.5) is 13.2 Å². The first-order chi connectivity index (χ1) is 6.32. The minimum atomic E-state index is -4.49. The number of hydrogen-bond acceptors (Lipinski definition) is 1. The predicted octanol–water partition coefficient (Wildman–Crippen LogP) is 3.37. The highest BCUT2D eigenvalue weighted by molar-refractivity contribution is 6.33. The summed E-state index contributed by atoms with van der Waals surface area (Å²) in [5, 5.41) is -0.219. The van der Waals surface area contributed by atoms with Gasteiger partial charge in [-0.1, -0.05) is 24.3 Å². The lowest BCUT2D eigenvalue weighted by molar-refractivity contribution is -0.104. The Morgan fingerprint density at radius 3 is 2.14 bits per heavy atom. The van der Waals surface area contributed by atoms with E-state index in [0.717, 1.165) is 6.08 Å². The SMILES string of the molecule is C=C(Cl)/C(C=O)=C\C(=C/C)C(F)(F)F. The van der Waals surface area contributed by atoms with Gasteiger partial charge in [-0.3, -0.25) is 4.79 Å². The molecule has 0 saturated heterocycles. The Balaban J connectivity index is 5.12. The summed E-state index contributed by atoms with van der Waals surface area (Å²) >= 11 is 5.31. The van der Waals surface area contributed by atoms with E-state index in [-0.39, 0.29) is 16.9 Å². The molecule has 0 aliphatic heterocycles. The summed E-state index contributed by atoms with van der Waals surface area (Å²) in [7, 11) is 0. The van der Waals surface area contributed by atoms with Gasteiger partial charge in [0, 0.05) is 10.6 Å². The van der Waals surface area contributed by atoms with Crippen LogP contribution in [-0.2, 0) is 4.79 Å². The van der Waals surface area contributed by atoms with Crippen LogP contribution in [0.1, 0.15) is 6.92 Å². The van der Waals surface area contributed by atoms with Crippen LogP contribution in [0, 0.1) is 0 Å². The molecule has 0 spiro atoms. The van der Waals surface area contributed by atoms with Gasteiger partial charge in [0.05, 0.1) is 5.57 Å². The normalized spacial score (nSPS) is 14.1. The number of rotatable bonds is 3. The van der Waals surface area contributed by atoms with Gasteiger partial charge in [0.15, 0.2) is 6.29 Å². The number of halogens is 4. The molecule has 0 rings (SSSR count). The zero-order valence-corrected chi connectivity index (χ0v) is 8.12. The van der Waals surface area contributed by atoms with Crippen molar-refractivity contribution >= 4 is 17.9 Å². The van der Waals surface area contributed by atoms with Crippen molar-refractivity contribution in [3.8, 4) is 0 Å². The van der Waals surface area contributed by atoms with Crippen LogP contribution >= 0.6 is 11.6 Å². The third kappa shape index (κ3) is 3.79. The van der Waals surface area contributed by atoms with Crippen molar-refractivity contribution in [1.82, 2.24) is 0 Å². The smallest absolute Gasteiger partial charge is 0.298 e. The van der Waals surface area contributed by atoms with Crippen molar-refractivity contribution in [1.29, 1.82) is 0 Å². The third-order valence-corrected chi connectivity index (χ3v) is 1.61. The number of allylic oxidation sites excluding steroid dienone is 5. The van der Waals surface area contributed by atoms with Gasteiger partial charge < -0.3 is 0 Å². The fourth-order valence-electron chi connectivity index (χ4n) is 0.673. The monoisotopic (exact) mass is 224 g/mol. The quantitative estimate of drug-likeness (QED) is 0.408. The van der Waals surface area contributed by atoms with Crippen molar-refractivity contribution in [2.45, 2.75) is 13.1 Å². The second-order valence-corrected chi connectivity index (χ2v) is 2.82. The van der Waals surface area contributed by atoms with Gasteiger partial charge in [-0.2, -0.15) is 13.2 Å². The van der Waals surface area contributed by atoms with Gasteiger partial charge >= 0.3 is 6.18 Å². The Kier molecular flexibility index (Phi) is 4.63. The molecular weight excluding hydrogens is 217 g/mol. The Bertz CT molecular complexity index is 300. The highest BCUT2D eigenvalue weighted by atomic mass is 35.5. The molecule has 1 nitrogen and oxygen atoms in total. The molecule has 78 valence electrons. The predicted molar refractivity (Wildman–Crippen MR) is 49.0 cm³/mol. The van der Waals surface area contributed by atoms with E-state index >= 15 is 0 Å². The molecule has 5 heteroatoms. The minimum absolute atomic E-state index is 0.219. The Labute approximate surface area is 84.6 Å². The second kappa shape index (κ2) is 5.00. The van der Waals surface area contributed by atoms with Crippen molar-refractivity contribution in [2.75, 3.05) is 0 Å². The number of carbonyl (C=O) groups is 1. The van der Waals surface area contributed by atoms with Crippen LogP contribution in [0.15, 0.2) is 34.9 Å². The van der Waals surface area contributed by atoms with Gasteiger partial charge in [0.2, 0.25) is 0 Å². The average Bonchev–Trinajstić information content (AvgIpc) is 2.03. The van der Waals surface area contributed by atoms with Gasteiger partial charge in [0.25, 0.3) is 0 Å². The molecule has 0 N–H and O–H groups in total. The van der Waals surface area contributed by atoms with E-state index < -0.39 is 11.7 Å². The van der Waals surface area contributed by atoms with Gasteiger partial charge in [-0.05, 0) is 13.0 Å². The number of alkyl halides is 3. The zero-order valence-electron chi connectivity index (χ0n) is 7.36. The molecule has 0 unspecified atom stereocenters. The van der Waals surface area contributed by atoms with E-state index in [2.05, 4.69) is 6.58 Å². The van der Waals surface area contributed by atoms with Crippen LogP contribution in [0.5, 0.6) is 0 Å². The van der Waals surface area contributed by atoms with Crippen LogP contribution in [-0.4, -0.2) is 12.5 Å². The lowest BCUT2D eigenvalue weighted by Gasteiger charge is -2.07. The molecular formula is C9H8ClF3O. The number of carbonyl (C=O) groups excluding carboxylic acids is 1. The summed E-state index contributed by atoms with van der Waals surface area (Å²) in [5.41, 5.74) is -1.21. The molecule has 0 atom stereocenters. The number of aldehydes is 1. The van der Waals surface area contributed by atoms with Crippen molar-refractivity contribution in [2.24, 2.45) is 0 Å². The summed E-state index contributed by atoms with van der Waals surface area (Å²) in [6.45, 7) is 4.39. The maximum atomic E-state index is 12.2. The van der Waals surface area contributed by atoms with E-state index in [4.69, 9.17) is 11.6 Å². The summed E-state index contributed by atoms with van der Waals surface area (Å²) < 4.78 is 36.5. The molecule has 0 aromatic carbocycles. The molecule has 0 aromatic rings. The molecule has 14 heavy (non-hydrogen) atoms. The van der Waals surface area contributed by atoms with Gasteiger partial charge in [0.1, 0.15) is 0 Å². The first-order valence-electron chi connectivity index (χ1n) is 3.58. The Morgan fingerprint density at radius 1 is 1.43 bits per heavy atom. The van der Waals surface area contributed by atoms with Crippen molar-refractivity contribution < 1.29 is 18.0 Å². The van der Waals surface area contributed by atoms with Crippen LogP contribution < -0.4 is 0 Å². The topological polar surface area (TPSA) is 17.1 Å². The summed E-state index contributed by atoms with van der Waals surface area (Å²) in [6.07, 6.45) is -2.76. The van der Waals surface area contributed by atoms with Gasteiger partial charge in [-0.15, -0.1) is 0 Å². The van der Waals surface area contributed by atoms with Crippen LogP contribution in [0.2, 0.25) is 0 Å².